The maximum Gasteiger partial charge on any atom is 0.354 e. The Bertz CT molecular complexity index is 506. The predicted molar refractivity (Wildman–Crippen MR) is 73.1 cm³/mol. The number of urea groups is 1. The number of rotatable bonds is 3. The van der Waals surface area contributed by atoms with Crippen molar-refractivity contribution >= 4 is 17.7 Å². The van der Waals surface area contributed by atoms with E-state index in [9.17, 15) is 9.59 Å². The Morgan fingerprint density at radius 1 is 1.45 bits per heavy atom. The summed E-state index contributed by atoms with van der Waals surface area (Å²) in [5.74, 6) is -1.10. The Kier molecular flexibility index (Phi) is 4.29. The molecule has 2 amide bonds. The largest absolute Gasteiger partial charge is 0.477 e. The summed E-state index contributed by atoms with van der Waals surface area (Å²) in [6, 6.07) is 1.43. The Labute approximate surface area is 116 Å². The van der Waals surface area contributed by atoms with Crippen LogP contribution < -0.4 is 5.32 Å². The molecule has 0 aliphatic carbocycles. The van der Waals surface area contributed by atoms with Gasteiger partial charge in [-0.25, -0.2) is 9.59 Å². The van der Waals surface area contributed by atoms with Crippen molar-refractivity contribution in [2.75, 3.05) is 25.6 Å². The number of carbonyl (C=O) groups is 2. The highest BCUT2D eigenvalue weighted by Crippen LogP contribution is 2.19. The molecule has 2 rings (SSSR count). The predicted octanol–water partition coefficient (Wildman–Crippen LogP) is 1.66. The molecule has 7 nitrogen and oxygen atoms in total. The number of hydrogen-bond donors (Lipinski definition) is 3. The zero-order valence-electron chi connectivity index (χ0n) is 11.6. The van der Waals surface area contributed by atoms with Crippen molar-refractivity contribution in [1.29, 1.82) is 0 Å². The standard InChI is InChI=1S/C13H19N3O4/c1-8-7-10(11(14-8)12(17)18)15-13(19)16(2)9-3-5-20-6-4-9/h7,9,14H,3-6H2,1-2H3,(H,15,19)(H,17,18). The highest BCUT2D eigenvalue weighted by molar-refractivity contribution is 5.99. The number of carbonyl (C=O) groups excluding carboxylic acids is 1. The van der Waals surface area contributed by atoms with Crippen LogP contribution in [0.3, 0.4) is 0 Å². The summed E-state index contributed by atoms with van der Waals surface area (Å²) in [5, 5.41) is 11.7. The van der Waals surface area contributed by atoms with Gasteiger partial charge in [-0.3, -0.25) is 0 Å². The van der Waals surface area contributed by atoms with Crippen molar-refractivity contribution in [3.8, 4) is 0 Å². The normalized spacial score (nSPS) is 15.9. The second-order valence-electron chi connectivity index (χ2n) is 4.93. The van der Waals surface area contributed by atoms with Crippen LogP contribution in [0.1, 0.15) is 29.0 Å². The molecule has 0 bridgehead atoms. The summed E-state index contributed by atoms with van der Waals surface area (Å²) in [6.07, 6.45) is 1.59. The van der Waals surface area contributed by atoms with Crippen LogP contribution in [0, 0.1) is 6.92 Å². The maximum atomic E-state index is 12.2. The summed E-state index contributed by atoms with van der Waals surface area (Å²) >= 11 is 0. The van der Waals surface area contributed by atoms with E-state index >= 15 is 0 Å². The lowest BCUT2D eigenvalue weighted by Crippen LogP contribution is -2.42. The number of aromatic carboxylic acids is 1. The summed E-state index contributed by atoms with van der Waals surface area (Å²) < 4.78 is 5.26. The molecule has 110 valence electrons. The van der Waals surface area contributed by atoms with Gasteiger partial charge >= 0.3 is 12.0 Å². The van der Waals surface area contributed by atoms with Gasteiger partial charge in [-0.15, -0.1) is 0 Å². The minimum Gasteiger partial charge on any atom is -0.477 e. The molecule has 1 aromatic heterocycles. The highest BCUT2D eigenvalue weighted by Gasteiger charge is 2.24. The summed E-state index contributed by atoms with van der Waals surface area (Å²) in [7, 11) is 1.71. The topological polar surface area (TPSA) is 94.7 Å². The fourth-order valence-electron chi connectivity index (χ4n) is 2.30. The van der Waals surface area contributed by atoms with Crippen LogP contribution >= 0.6 is 0 Å². The van der Waals surface area contributed by atoms with E-state index in [-0.39, 0.29) is 17.8 Å². The van der Waals surface area contributed by atoms with E-state index in [2.05, 4.69) is 10.3 Å². The minimum atomic E-state index is -1.10. The van der Waals surface area contributed by atoms with Gasteiger partial charge in [0.2, 0.25) is 0 Å². The average molecular weight is 281 g/mol. The quantitative estimate of drug-likeness (QED) is 0.785. The van der Waals surface area contributed by atoms with Crippen LogP contribution in [-0.4, -0.2) is 53.3 Å². The second-order valence-corrected chi connectivity index (χ2v) is 4.93. The lowest BCUT2D eigenvalue weighted by Gasteiger charge is -2.31. The second kappa shape index (κ2) is 5.96. The number of carboxylic acid groups (broad SMARTS) is 1. The van der Waals surface area contributed by atoms with E-state index in [4.69, 9.17) is 9.84 Å². The zero-order chi connectivity index (χ0) is 14.7. The van der Waals surface area contributed by atoms with Crippen molar-refractivity contribution in [3.05, 3.63) is 17.5 Å². The summed E-state index contributed by atoms with van der Waals surface area (Å²) in [6.45, 7) is 3.03. The molecule has 1 fully saturated rings. The van der Waals surface area contributed by atoms with E-state index in [1.54, 1.807) is 24.9 Å². The third-order valence-electron chi connectivity index (χ3n) is 3.47. The van der Waals surface area contributed by atoms with Crippen molar-refractivity contribution in [2.45, 2.75) is 25.8 Å². The van der Waals surface area contributed by atoms with E-state index in [1.807, 2.05) is 0 Å². The maximum absolute atomic E-state index is 12.2. The molecule has 1 aliphatic heterocycles. The number of anilines is 1. The smallest absolute Gasteiger partial charge is 0.354 e. The fourth-order valence-corrected chi connectivity index (χ4v) is 2.30. The minimum absolute atomic E-state index is 0.00349. The molecule has 0 atom stereocenters. The molecular formula is C13H19N3O4. The summed E-state index contributed by atoms with van der Waals surface area (Å²) in [4.78, 5) is 27.6. The third kappa shape index (κ3) is 3.11. The van der Waals surface area contributed by atoms with Crippen molar-refractivity contribution in [1.82, 2.24) is 9.88 Å². The van der Waals surface area contributed by atoms with Crippen molar-refractivity contribution in [2.24, 2.45) is 0 Å². The number of ether oxygens (including phenoxy) is 1. The van der Waals surface area contributed by atoms with Gasteiger partial charge in [0.15, 0.2) is 0 Å². The van der Waals surface area contributed by atoms with Crippen LogP contribution in [0.5, 0.6) is 0 Å². The van der Waals surface area contributed by atoms with E-state index in [0.717, 1.165) is 12.8 Å². The van der Waals surface area contributed by atoms with Crippen LogP contribution in [0.2, 0.25) is 0 Å². The Balaban J connectivity index is 2.05. The first-order valence-electron chi connectivity index (χ1n) is 6.53. The van der Waals surface area contributed by atoms with Gasteiger partial charge in [0.1, 0.15) is 5.69 Å². The fraction of sp³-hybridized carbons (Fsp3) is 0.538. The van der Waals surface area contributed by atoms with Crippen molar-refractivity contribution < 1.29 is 19.4 Å². The monoisotopic (exact) mass is 281 g/mol. The number of nitrogens with zero attached hydrogens (tertiary/aromatic N) is 1. The number of aromatic amines is 1. The van der Waals surface area contributed by atoms with Gasteiger partial charge in [-0.2, -0.15) is 0 Å². The average Bonchev–Trinajstić information content (AvgIpc) is 2.80. The SMILES string of the molecule is Cc1cc(NC(=O)N(C)C2CCOCC2)c(C(=O)O)[nH]1. The highest BCUT2D eigenvalue weighted by atomic mass is 16.5. The van der Waals surface area contributed by atoms with Gasteiger partial charge in [0, 0.05) is 32.0 Å². The molecule has 2 heterocycles. The summed E-state index contributed by atoms with van der Waals surface area (Å²) in [5.41, 5.74) is 0.974. The third-order valence-corrected chi connectivity index (χ3v) is 3.47. The number of aromatic nitrogens is 1. The van der Waals surface area contributed by atoms with Crippen LogP contribution in [0.25, 0.3) is 0 Å². The van der Waals surface area contributed by atoms with Crippen LogP contribution in [0.15, 0.2) is 6.07 Å². The molecule has 1 saturated heterocycles. The number of aryl methyl sites for hydroxylation is 1. The van der Waals surface area contributed by atoms with Gasteiger partial charge in [-0.1, -0.05) is 0 Å². The molecule has 20 heavy (non-hydrogen) atoms. The zero-order valence-corrected chi connectivity index (χ0v) is 11.6. The van der Waals surface area contributed by atoms with E-state index < -0.39 is 5.97 Å². The first-order valence-corrected chi connectivity index (χ1v) is 6.53. The number of carboxylic acids is 1. The molecule has 0 saturated carbocycles. The molecular weight excluding hydrogens is 262 g/mol. The van der Waals surface area contributed by atoms with Gasteiger partial charge in [0.05, 0.1) is 5.69 Å². The van der Waals surface area contributed by atoms with Crippen LogP contribution in [-0.2, 0) is 4.74 Å². The van der Waals surface area contributed by atoms with E-state index in [0.29, 0.717) is 24.6 Å². The number of hydrogen-bond acceptors (Lipinski definition) is 3. The molecule has 3 N–H and O–H groups in total. The van der Waals surface area contributed by atoms with Gasteiger partial charge < -0.3 is 25.0 Å². The molecule has 0 radical (unpaired) electrons. The Morgan fingerprint density at radius 3 is 2.70 bits per heavy atom. The van der Waals surface area contributed by atoms with Crippen molar-refractivity contribution in [3.63, 3.8) is 0 Å². The lowest BCUT2D eigenvalue weighted by molar-refractivity contribution is 0.0544. The Hall–Kier alpha value is -2.02. The molecule has 1 aliphatic rings. The number of H-pyrrole nitrogens is 1. The molecule has 0 unspecified atom stereocenters. The molecule has 0 aromatic carbocycles. The Morgan fingerprint density at radius 2 is 2.10 bits per heavy atom. The lowest BCUT2D eigenvalue weighted by atomic mass is 10.1. The molecule has 1 aromatic rings. The van der Waals surface area contributed by atoms with Gasteiger partial charge in [-0.05, 0) is 25.8 Å². The van der Waals surface area contributed by atoms with Gasteiger partial charge in [0.25, 0.3) is 0 Å². The number of nitrogens with one attached hydrogen (secondary N) is 2. The number of amides is 2. The molecule has 0 spiro atoms. The van der Waals surface area contributed by atoms with E-state index in [1.165, 1.54) is 0 Å². The first kappa shape index (κ1) is 14.4. The molecule has 7 heteroatoms. The van der Waals surface area contributed by atoms with Crippen LogP contribution in [0.4, 0.5) is 10.5 Å². The first-order chi connectivity index (χ1) is 9.49.